The van der Waals surface area contributed by atoms with Crippen LogP contribution >= 0.6 is 45.2 Å². The zero-order valence-electron chi connectivity index (χ0n) is 10.5. The van der Waals surface area contributed by atoms with Gasteiger partial charge < -0.3 is 9.84 Å². The van der Waals surface area contributed by atoms with Gasteiger partial charge in [-0.3, -0.25) is 0 Å². The van der Waals surface area contributed by atoms with Crippen molar-refractivity contribution in [3.8, 4) is 5.75 Å². The SMILES string of the molecule is COc1ccc(Cc2c(I)cc(CO)cc2I)cc1. The van der Waals surface area contributed by atoms with Crippen LogP contribution in [-0.4, -0.2) is 12.2 Å². The van der Waals surface area contributed by atoms with Gasteiger partial charge in [-0.2, -0.15) is 0 Å². The molecular weight excluding hydrogens is 466 g/mol. The molecule has 2 nitrogen and oxygen atoms in total. The highest BCUT2D eigenvalue weighted by Crippen LogP contribution is 2.25. The summed E-state index contributed by atoms with van der Waals surface area (Å²) in [7, 11) is 1.68. The summed E-state index contributed by atoms with van der Waals surface area (Å²) in [5, 5.41) is 9.20. The Balaban J connectivity index is 2.27. The van der Waals surface area contributed by atoms with Gasteiger partial charge in [0.25, 0.3) is 0 Å². The van der Waals surface area contributed by atoms with Gasteiger partial charge in [0.05, 0.1) is 13.7 Å². The van der Waals surface area contributed by atoms with Crippen molar-refractivity contribution in [2.24, 2.45) is 0 Å². The van der Waals surface area contributed by atoms with Gasteiger partial charge in [-0.1, -0.05) is 12.1 Å². The molecule has 0 saturated heterocycles. The molecule has 2 aromatic rings. The van der Waals surface area contributed by atoms with E-state index in [9.17, 15) is 5.11 Å². The standard InChI is InChI=1S/C15H14I2O2/c1-19-12-4-2-10(3-5-12)6-13-14(16)7-11(9-18)8-15(13)17/h2-5,7-8,18H,6,9H2,1H3. The van der Waals surface area contributed by atoms with Gasteiger partial charge in [0, 0.05) is 7.14 Å². The fourth-order valence-corrected chi connectivity index (χ4v) is 4.14. The molecule has 1 N–H and O–H groups in total. The van der Waals surface area contributed by atoms with Gasteiger partial charge in [0.15, 0.2) is 0 Å². The maximum atomic E-state index is 9.20. The fraction of sp³-hybridized carbons (Fsp3) is 0.200. The first-order valence-electron chi connectivity index (χ1n) is 5.84. The van der Waals surface area contributed by atoms with E-state index in [1.807, 2.05) is 24.3 Å². The second kappa shape index (κ2) is 6.90. The van der Waals surface area contributed by atoms with Crippen LogP contribution in [0.4, 0.5) is 0 Å². The van der Waals surface area contributed by atoms with Crippen LogP contribution in [0, 0.1) is 7.14 Å². The zero-order valence-corrected chi connectivity index (χ0v) is 14.8. The summed E-state index contributed by atoms with van der Waals surface area (Å²) in [6, 6.07) is 12.2. The molecule has 0 atom stereocenters. The van der Waals surface area contributed by atoms with Crippen molar-refractivity contribution in [1.82, 2.24) is 0 Å². The Morgan fingerprint density at radius 1 is 1.00 bits per heavy atom. The van der Waals surface area contributed by atoms with Gasteiger partial charge in [-0.25, -0.2) is 0 Å². The number of hydrogen-bond acceptors (Lipinski definition) is 2. The lowest BCUT2D eigenvalue weighted by Gasteiger charge is -2.10. The van der Waals surface area contributed by atoms with E-state index in [-0.39, 0.29) is 6.61 Å². The minimum absolute atomic E-state index is 0.0921. The van der Waals surface area contributed by atoms with Crippen molar-refractivity contribution in [1.29, 1.82) is 0 Å². The highest BCUT2D eigenvalue weighted by atomic mass is 127. The molecule has 0 unspecified atom stereocenters. The molecular formula is C15H14I2O2. The molecule has 0 bridgehead atoms. The molecule has 4 heteroatoms. The van der Waals surface area contributed by atoms with Crippen molar-refractivity contribution < 1.29 is 9.84 Å². The number of ether oxygens (including phenoxy) is 1. The first-order valence-corrected chi connectivity index (χ1v) is 8.00. The molecule has 0 heterocycles. The number of aliphatic hydroxyl groups excluding tert-OH is 1. The van der Waals surface area contributed by atoms with Crippen molar-refractivity contribution in [2.45, 2.75) is 13.0 Å². The van der Waals surface area contributed by atoms with Crippen molar-refractivity contribution in [2.75, 3.05) is 7.11 Å². The number of rotatable bonds is 4. The third-order valence-corrected chi connectivity index (χ3v) is 4.85. The van der Waals surface area contributed by atoms with E-state index >= 15 is 0 Å². The van der Waals surface area contributed by atoms with Crippen LogP contribution in [-0.2, 0) is 13.0 Å². The Bertz CT molecular complexity index is 542. The van der Waals surface area contributed by atoms with Gasteiger partial charge >= 0.3 is 0 Å². The van der Waals surface area contributed by atoms with Gasteiger partial charge in [0.2, 0.25) is 0 Å². The van der Waals surface area contributed by atoms with E-state index in [0.717, 1.165) is 17.7 Å². The van der Waals surface area contributed by atoms with E-state index in [2.05, 4.69) is 57.3 Å². The van der Waals surface area contributed by atoms with Crippen molar-refractivity contribution in [3.63, 3.8) is 0 Å². The first-order chi connectivity index (χ1) is 9.13. The highest BCUT2D eigenvalue weighted by Gasteiger charge is 2.08. The number of hydrogen-bond donors (Lipinski definition) is 1. The molecule has 0 aliphatic heterocycles. The minimum atomic E-state index is 0.0921. The molecule has 0 aliphatic carbocycles. The highest BCUT2D eigenvalue weighted by molar-refractivity contribution is 14.1. The first kappa shape index (κ1) is 15.1. The summed E-state index contributed by atoms with van der Waals surface area (Å²) in [5.41, 5.74) is 3.53. The monoisotopic (exact) mass is 480 g/mol. The Hall–Kier alpha value is -0.340. The summed E-state index contributed by atoms with van der Waals surface area (Å²) >= 11 is 4.67. The summed E-state index contributed by atoms with van der Waals surface area (Å²) in [6.45, 7) is 0.0921. The van der Waals surface area contributed by atoms with Crippen LogP contribution in [0.2, 0.25) is 0 Å². The lowest BCUT2D eigenvalue weighted by atomic mass is 10.0. The third-order valence-electron chi connectivity index (χ3n) is 2.92. The summed E-state index contributed by atoms with van der Waals surface area (Å²) in [5.74, 6) is 0.878. The lowest BCUT2D eigenvalue weighted by molar-refractivity contribution is 0.281. The van der Waals surface area contributed by atoms with E-state index in [1.165, 1.54) is 18.3 Å². The molecule has 100 valence electrons. The number of methoxy groups -OCH3 is 1. The fourth-order valence-electron chi connectivity index (χ4n) is 1.86. The van der Waals surface area contributed by atoms with E-state index in [4.69, 9.17) is 4.74 Å². The summed E-state index contributed by atoms with van der Waals surface area (Å²) < 4.78 is 7.56. The van der Waals surface area contributed by atoms with Crippen LogP contribution in [0.5, 0.6) is 5.75 Å². The number of benzene rings is 2. The predicted molar refractivity (Wildman–Crippen MR) is 93.6 cm³/mol. The Kier molecular flexibility index (Phi) is 5.47. The maximum absolute atomic E-state index is 9.20. The molecule has 0 amide bonds. The van der Waals surface area contributed by atoms with Gasteiger partial charge in [0.1, 0.15) is 5.75 Å². The van der Waals surface area contributed by atoms with Gasteiger partial charge in [-0.05, 0) is 92.6 Å². The quantitative estimate of drug-likeness (QED) is 0.672. The predicted octanol–water partition coefficient (Wildman–Crippen LogP) is 3.99. The molecule has 0 saturated carbocycles. The van der Waals surface area contributed by atoms with Crippen molar-refractivity contribution >= 4 is 45.2 Å². The van der Waals surface area contributed by atoms with E-state index < -0.39 is 0 Å². The molecule has 0 radical (unpaired) electrons. The Labute approximate surface area is 140 Å². The largest absolute Gasteiger partial charge is 0.497 e. The van der Waals surface area contributed by atoms with Crippen LogP contribution in [0.3, 0.4) is 0 Å². The molecule has 0 aromatic heterocycles. The molecule has 2 aromatic carbocycles. The second-order valence-corrected chi connectivity index (χ2v) is 6.55. The van der Waals surface area contributed by atoms with E-state index in [1.54, 1.807) is 7.11 Å². The van der Waals surface area contributed by atoms with E-state index in [0.29, 0.717) is 0 Å². The number of halogens is 2. The molecule has 0 aliphatic rings. The van der Waals surface area contributed by atoms with Crippen LogP contribution < -0.4 is 4.74 Å². The minimum Gasteiger partial charge on any atom is -0.497 e. The normalized spacial score (nSPS) is 10.5. The lowest BCUT2D eigenvalue weighted by Crippen LogP contribution is -1.98. The average Bonchev–Trinajstić information content (AvgIpc) is 2.43. The van der Waals surface area contributed by atoms with Crippen LogP contribution in [0.1, 0.15) is 16.7 Å². The smallest absolute Gasteiger partial charge is 0.118 e. The Morgan fingerprint density at radius 3 is 2.05 bits per heavy atom. The number of aliphatic hydroxyl groups is 1. The summed E-state index contributed by atoms with van der Waals surface area (Å²) in [4.78, 5) is 0. The maximum Gasteiger partial charge on any atom is 0.118 e. The van der Waals surface area contributed by atoms with Crippen LogP contribution in [0.15, 0.2) is 36.4 Å². The average molecular weight is 480 g/mol. The van der Waals surface area contributed by atoms with Crippen molar-refractivity contribution in [3.05, 3.63) is 60.2 Å². The topological polar surface area (TPSA) is 29.5 Å². The molecule has 19 heavy (non-hydrogen) atoms. The zero-order chi connectivity index (χ0) is 13.8. The molecule has 0 fully saturated rings. The molecule has 0 spiro atoms. The second-order valence-electron chi connectivity index (χ2n) is 4.22. The third kappa shape index (κ3) is 3.82. The summed E-state index contributed by atoms with van der Waals surface area (Å²) in [6.07, 6.45) is 0.895. The van der Waals surface area contributed by atoms with Gasteiger partial charge in [-0.15, -0.1) is 0 Å². The molecule has 2 rings (SSSR count). The van der Waals surface area contributed by atoms with Crippen LogP contribution in [0.25, 0.3) is 0 Å². The Morgan fingerprint density at radius 2 is 1.58 bits per heavy atom.